The Labute approximate surface area is 135 Å². The first-order chi connectivity index (χ1) is 11.2. The van der Waals surface area contributed by atoms with Gasteiger partial charge in [0, 0.05) is 37.2 Å². The highest BCUT2D eigenvalue weighted by Crippen LogP contribution is 2.22. The summed E-state index contributed by atoms with van der Waals surface area (Å²) in [5.74, 6) is 0.625. The second-order valence-corrected chi connectivity index (χ2v) is 6.14. The molecule has 1 atom stereocenters. The van der Waals surface area contributed by atoms with Crippen molar-refractivity contribution >= 4 is 0 Å². The van der Waals surface area contributed by atoms with Crippen molar-refractivity contribution in [1.82, 2.24) is 19.9 Å². The molecule has 1 fully saturated rings. The van der Waals surface area contributed by atoms with Gasteiger partial charge in [-0.25, -0.2) is 9.97 Å². The van der Waals surface area contributed by atoms with E-state index in [0.29, 0.717) is 18.7 Å². The number of aromatic nitrogens is 3. The molecular weight excluding hydrogens is 292 g/mol. The SMILES string of the molecule is OC[C@]1(O)CCCN(Cc2cnc(-c3ccccn3)nc2)CC1. The summed E-state index contributed by atoms with van der Waals surface area (Å²) in [6.45, 7) is 2.26. The van der Waals surface area contributed by atoms with Crippen molar-refractivity contribution in [3.05, 3.63) is 42.4 Å². The number of hydrogen-bond donors (Lipinski definition) is 2. The van der Waals surface area contributed by atoms with Gasteiger partial charge in [-0.3, -0.25) is 9.88 Å². The maximum atomic E-state index is 10.2. The van der Waals surface area contributed by atoms with Gasteiger partial charge < -0.3 is 10.2 Å². The third kappa shape index (κ3) is 4.10. The van der Waals surface area contributed by atoms with Gasteiger partial charge in [0.1, 0.15) is 5.69 Å². The number of nitrogens with zero attached hydrogens (tertiary/aromatic N) is 4. The summed E-state index contributed by atoms with van der Waals surface area (Å²) in [5, 5.41) is 19.5. The van der Waals surface area contributed by atoms with Gasteiger partial charge >= 0.3 is 0 Å². The molecular formula is C17H22N4O2. The van der Waals surface area contributed by atoms with Gasteiger partial charge in [0.2, 0.25) is 0 Å². The minimum Gasteiger partial charge on any atom is -0.393 e. The zero-order valence-electron chi connectivity index (χ0n) is 13.1. The fourth-order valence-corrected chi connectivity index (χ4v) is 2.87. The molecule has 1 aliphatic heterocycles. The lowest BCUT2D eigenvalue weighted by Crippen LogP contribution is -2.34. The van der Waals surface area contributed by atoms with E-state index in [-0.39, 0.29) is 6.61 Å². The molecule has 6 nitrogen and oxygen atoms in total. The van der Waals surface area contributed by atoms with E-state index in [1.807, 2.05) is 30.6 Å². The molecule has 1 aliphatic rings. The van der Waals surface area contributed by atoms with Crippen LogP contribution in [0.15, 0.2) is 36.8 Å². The van der Waals surface area contributed by atoms with Crippen LogP contribution in [-0.2, 0) is 6.54 Å². The molecule has 0 aliphatic carbocycles. The van der Waals surface area contributed by atoms with Crippen molar-refractivity contribution in [2.45, 2.75) is 31.4 Å². The zero-order chi connectivity index (χ0) is 16.1. The summed E-state index contributed by atoms with van der Waals surface area (Å²) in [5.41, 5.74) is 0.884. The Morgan fingerprint density at radius 2 is 1.91 bits per heavy atom. The van der Waals surface area contributed by atoms with E-state index in [1.165, 1.54) is 0 Å². The van der Waals surface area contributed by atoms with Crippen LogP contribution >= 0.6 is 0 Å². The minimum atomic E-state index is -0.923. The molecule has 0 aromatic carbocycles. The fraction of sp³-hybridized carbons (Fsp3) is 0.471. The van der Waals surface area contributed by atoms with Crippen molar-refractivity contribution in [2.75, 3.05) is 19.7 Å². The van der Waals surface area contributed by atoms with E-state index in [0.717, 1.165) is 37.3 Å². The molecule has 3 rings (SSSR count). The Morgan fingerprint density at radius 3 is 2.61 bits per heavy atom. The molecule has 2 aromatic heterocycles. The predicted octanol–water partition coefficient (Wildman–Crippen LogP) is 1.25. The van der Waals surface area contributed by atoms with Crippen molar-refractivity contribution in [3.8, 4) is 11.5 Å². The largest absolute Gasteiger partial charge is 0.393 e. The molecule has 0 bridgehead atoms. The van der Waals surface area contributed by atoms with Crippen LogP contribution in [0, 0.1) is 0 Å². The topological polar surface area (TPSA) is 82.4 Å². The molecule has 23 heavy (non-hydrogen) atoms. The Balaban J connectivity index is 1.62. The van der Waals surface area contributed by atoms with Crippen LogP contribution < -0.4 is 0 Å². The van der Waals surface area contributed by atoms with Crippen LogP contribution in [0.4, 0.5) is 0 Å². The Hall–Kier alpha value is -1.89. The van der Waals surface area contributed by atoms with E-state index >= 15 is 0 Å². The predicted molar refractivity (Wildman–Crippen MR) is 86.4 cm³/mol. The van der Waals surface area contributed by atoms with Gasteiger partial charge in [-0.1, -0.05) is 6.07 Å². The van der Waals surface area contributed by atoms with E-state index < -0.39 is 5.60 Å². The van der Waals surface area contributed by atoms with Crippen LogP contribution in [0.1, 0.15) is 24.8 Å². The quantitative estimate of drug-likeness (QED) is 0.884. The lowest BCUT2D eigenvalue weighted by atomic mass is 9.96. The number of aliphatic hydroxyl groups is 2. The first kappa shape index (κ1) is 16.0. The first-order valence-electron chi connectivity index (χ1n) is 7.96. The number of rotatable bonds is 4. The van der Waals surface area contributed by atoms with Crippen LogP contribution in [0.2, 0.25) is 0 Å². The second-order valence-electron chi connectivity index (χ2n) is 6.14. The van der Waals surface area contributed by atoms with Crippen molar-refractivity contribution in [3.63, 3.8) is 0 Å². The highest BCUT2D eigenvalue weighted by atomic mass is 16.3. The van der Waals surface area contributed by atoms with Crippen LogP contribution in [0.5, 0.6) is 0 Å². The zero-order valence-corrected chi connectivity index (χ0v) is 13.1. The standard InChI is InChI=1S/C17H22N4O2/c22-13-17(23)5-3-8-21(9-6-17)12-14-10-19-16(20-11-14)15-4-1-2-7-18-15/h1-2,4,7,10-11,22-23H,3,5-6,8-9,12-13H2/t17-/m0/s1. The number of hydrogen-bond acceptors (Lipinski definition) is 6. The molecule has 1 saturated heterocycles. The molecule has 122 valence electrons. The Kier molecular flexibility index (Phi) is 4.95. The summed E-state index contributed by atoms with van der Waals surface area (Å²) in [7, 11) is 0. The molecule has 3 heterocycles. The summed E-state index contributed by atoms with van der Waals surface area (Å²) >= 11 is 0. The third-order valence-electron chi connectivity index (χ3n) is 4.31. The summed E-state index contributed by atoms with van der Waals surface area (Å²) in [4.78, 5) is 15.3. The average molecular weight is 314 g/mol. The monoisotopic (exact) mass is 314 g/mol. The van der Waals surface area contributed by atoms with E-state index in [2.05, 4.69) is 19.9 Å². The Morgan fingerprint density at radius 1 is 1.09 bits per heavy atom. The van der Waals surface area contributed by atoms with Crippen molar-refractivity contribution in [1.29, 1.82) is 0 Å². The first-order valence-corrected chi connectivity index (χ1v) is 7.96. The normalized spacial score (nSPS) is 22.7. The van der Waals surface area contributed by atoms with Gasteiger partial charge in [0.05, 0.1) is 12.2 Å². The maximum absolute atomic E-state index is 10.2. The van der Waals surface area contributed by atoms with Crippen molar-refractivity contribution < 1.29 is 10.2 Å². The molecule has 0 saturated carbocycles. The molecule has 0 amide bonds. The second kappa shape index (κ2) is 7.12. The van der Waals surface area contributed by atoms with Crippen LogP contribution in [0.3, 0.4) is 0 Å². The molecule has 6 heteroatoms. The van der Waals surface area contributed by atoms with Crippen LogP contribution in [0.25, 0.3) is 11.5 Å². The number of pyridine rings is 1. The van der Waals surface area contributed by atoms with E-state index in [9.17, 15) is 10.2 Å². The highest BCUT2D eigenvalue weighted by Gasteiger charge is 2.29. The van der Waals surface area contributed by atoms with Crippen LogP contribution in [-0.4, -0.2) is 55.4 Å². The minimum absolute atomic E-state index is 0.164. The number of likely N-dealkylation sites (tertiary alicyclic amines) is 1. The lowest BCUT2D eigenvalue weighted by molar-refractivity contribution is -0.0255. The van der Waals surface area contributed by atoms with Gasteiger partial charge in [-0.05, 0) is 37.9 Å². The smallest absolute Gasteiger partial charge is 0.178 e. The molecule has 0 radical (unpaired) electrons. The van der Waals surface area contributed by atoms with E-state index in [1.54, 1.807) is 6.20 Å². The summed E-state index contributed by atoms with van der Waals surface area (Å²) in [6, 6.07) is 5.67. The summed E-state index contributed by atoms with van der Waals surface area (Å²) < 4.78 is 0. The van der Waals surface area contributed by atoms with Gasteiger partial charge in [-0.15, -0.1) is 0 Å². The fourth-order valence-electron chi connectivity index (χ4n) is 2.87. The average Bonchev–Trinajstić information content (AvgIpc) is 2.79. The molecule has 0 unspecified atom stereocenters. The van der Waals surface area contributed by atoms with Gasteiger partial charge in [0.15, 0.2) is 5.82 Å². The third-order valence-corrected chi connectivity index (χ3v) is 4.31. The van der Waals surface area contributed by atoms with Crippen molar-refractivity contribution in [2.24, 2.45) is 0 Å². The highest BCUT2D eigenvalue weighted by molar-refractivity contribution is 5.47. The molecule has 2 aromatic rings. The summed E-state index contributed by atoms with van der Waals surface area (Å²) in [6.07, 6.45) is 7.52. The Bertz CT molecular complexity index is 620. The van der Waals surface area contributed by atoms with Gasteiger partial charge in [0.25, 0.3) is 0 Å². The van der Waals surface area contributed by atoms with Gasteiger partial charge in [-0.2, -0.15) is 0 Å². The molecule has 2 N–H and O–H groups in total. The molecule has 0 spiro atoms. The number of aliphatic hydroxyl groups excluding tert-OH is 1. The lowest BCUT2D eigenvalue weighted by Gasteiger charge is -2.24. The maximum Gasteiger partial charge on any atom is 0.178 e. The van der Waals surface area contributed by atoms with E-state index in [4.69, 9.17) is 0 Å².